The van der Waals surface area contributed by atoms with Gasteiger partial charge in [0.05, 0.1) is 18.9 Å². The molecule has 24 heavy (non-hydrogen) atoms. The Morgan fingerprint density at radius 3 is 2.42 bits per heavy atom. The zero-order valence-electron chi connectivity index (χ0n) is 13.6. The first-order valence-corrected chi connectivity index (χ1v) is 7.38. The Kier molecular flexibility index (Phi) is 5.41. The van der Waals surface area contributed by atoms with E-state index in [0.717, 1.165) is 5.56 Å². The predicted octanol–water partition coefficient (Wildman–Crippen LogP) is 1.80. The molecule has 2 aromatic rings. The molecule has 0 fully saturated rings. The molecule has 0 saturated heterocycles. The zero-order chi connectivity index (χ0) is 17.7. The number of benzene rings is 1. The van der Waals surface area contributed by atoms with E-state index in [0.29, 0.717) is 36.8 Å². The van der Waals surface area contributed by atoms with Crippen LogP contribution >= 0.6 is 0 Å². The van der Waals surface area contributed by atoms with Crippen LogP contribution in [0, 0.1) is 13.8 Å². The molecule has 8 nitrogen and oxygen atoms in total. The molecule has 0 unspecified atom stereocenters. The van der Waals surface area contributed by atoms with Crippen LogP contribution in [0.5, 0.6) is 11.5 Å². The molecule has 2 rings (SSSR count). The average Bonchev–Trinajstić information content (AvgIpc) is 2.50. The highest BCUT2D eigenvalue weighted by Gasteiger charge is 2.13. The SMILES string of the molecule is Cc1cccc(C(=O)O)c1OCCCOc1c(C)nc(N)nc1N. The number of nitrogen functional groups attached to an aromatic ring is 2. The van der Waals surface area contributed by atoms with Gasteiger partial charge in [-0.1, -0.05) is 12.1 Å². The van der Waals surface area contributed by atoms with Gasteiger partial charge in [0.15, 0.2) is 11.6 Å². The summed E-state index contributed by atoms with van der Waals surface area (Å²) in [5.74, 6) is 0.0321. The summed E-state index contributed by atoms with van der Waals surface area (Å²) in [5, 5.41) is 9.18. The van der Waals surface area contributed by atoms with Crippen LogP contribution in [0.4, 0.5) is 11.8 Å². The fourth-order valence-electron chi connectivity index (χ4n) is 2.21. The normalized spacial score (nSPS) is 10.4. The van der Waals surface area contributed by atoms with E-state index in [-0.39, 0.29) is 17.3 Å². The number of carbonyl (C=O) groups is 1. The van der Waals surface area contributed by atoms with Crippen molar-refractivity contribution in [1.29, 1.82) is 0 Å². The summed E-state index contributed by atoms with van der Waals surface area (Å²) in [6.07, 6.45) is 0.538. The van der Waals surface area contributed by atoms with Gasteiger partial charge in [0.1, 0.15) is 11.3 Å². The lowest BCUT2D eigenvalue weighted by Gasteiger charge is -2.13. The van der Waals surface area contributed by atoms with Crippen molar-refractivity contribution in [2.75, 3.05) is 24.7 Å². The smallest absolute Gasteiger partial charge is 0.339 e. The summed E-state index contributed by atoms with van der Waals surface area (Å²) in [6.45, 7) is 4.16. The number of aryl methyl sites for hydroxylation is 2. The molecule has 1 aromatic carbocycles. The fraction of sp³-hybridized carbons (Fsp3) is 0.312. The number of hydrogen-bond acceptors (Lipinski definition) is 7. The lowest BCUT2D eigenvalue weighted by atomic mass is 10.1. The number of aromatic nitrogens is 2. The molecule has 1 aromatic heterocycles. The van der Waals surface area contributed by atoms with Gasteiger partial charge in [0, 0.05) is 6.42 Å². The van der Waals surface area contributed by atoms with Crippen molar-refractivity contribution in [1.82, 2.24) is 9.97 Å². The van der Waals surface area contributed by atoms with Gasteiger partial charge in [-0.3, -0.25) is 0 Å². The Morgan fingerprint density at radius 1 is 1.12 bits per heavy atom. The van der Waals surface area contributed by atoms with Crippen molar-refractivity contribution in [3.05, 3.63) is 35.0 Å². The van der Waals surface area contributed by atoms with E-state index >= 15 is 0 Å². The maximum Gasteiger partial charge on any atom is 0.339 e. The Morgan fingerprint density at radius 2 is 1.79 bits per heavy atom. The minimum atomic E-state index is -1.02. The number of para-hydroxylation sites is 1. The van der Waals surface area contributed by atoms with Crippen LogP contribution in [0.3, 0.4) is 0 Å². The highest BCUT2D eigenvalue weighted by atomic mass is 16.5. The number of nitrogens with two attached hydrogens (primary N) is 2. The minimum Gasteiger partial charge on any atom is -0.492 e. The molecular weight excluding hydrogens is 312 g/mol. The number of carboxylic acids is 1. The molecule has 1 heterocycles. The van der Waals surface area contributed by atoms with Crippen molar-refractivity contribution >= 4 is 17.7 Å². The number of hydrogen-bond donors (Lipinski definition) is 3. The third-order valence-corrected chi connectivity index (χ3v) is 3.30. The number of nitrogens with zero attached hydrogens (tertiary/aromatic N) is 2. The number of ether oxygens (including phenoxy) is 2. The maximum atomic E-state index is 11.2. The van der Waals surface area contributed by atoms with E-state index < -0.39 is 5.97 Å². The van der Waals surface area contributed by atoms with E-state index in [1.807, 2.05) is 0 Å². The lowest BCUT2D eigenvalue weighted by Crippen LogP contribution is -2.11. The van der Waals surface area contributed by atoms with Gasteiger partial charge in [-0.2, -0.15) is 4.98 Å². The van der Waals surface area contributed by atoms with E-state index in [9.17, 15) is 9.90 Å². The molecule has 0 saturated carbocycles. The molecule has 0 atom stereocenters. The molecule has 0 spiro atoms. The van der Waals surface area contributed by atoms with Crippen molar-refractivity contribution in [3.63, 3.8) is 0 Å². The van der Waals surface area contributed by atoms with Gasteiger partial charge in [0.2, 0.25) is 5.95 Å². The van der Waals surface area contributed by atoms with Gasteiger partial charge < -0.3 is 26.0 Å². The molecule has 0 bridgehead atoms. The van der Waals surface area contributed by atoms with Crippen LogP contribution in [-0.4, -0.2) is 34.3 Å². The van der Waals surface area contributed by atoms with Crippen molar-refractivity contribution in [3.8, 4) is 11.5 Å². The highest BCUT2D eigenvalue weighted by molar-refractivity contribution is 5.91. The monoisotopic (exact) mass is 332 g/mol. The summed E-state index contributed by atoms with van der Waals surface area (Å²) in [7, 11) is 0. The molecule has 0 aliphatic carbocycles. The molecule has 0 aliphatic heterocycles. The quantitative estimate of drug-likeness (QED) is 0.653. The third kappa shape index (κ3) is 4.03. The van der Waals surface area contributed by atoms with Crippen LogP contribution in [-0.2, 0) is 0 Å². The van der Waals surface area contributed by atoms with Crippen molar-refractivity contribution in [2.45, 2.75) is 20.3 Å². The number of anilines is 2. The zero-order valence-corrected chi connectivity index (χ0v) is 13.6. The molecule has 8 heteroatoms. The topological polar surface area (TPSA) is 134 Å². The molecular formula is C16H20N4O4. The van der Waals surface area contributed by atoms with Gasteiger partial charge in [-0.15, -0.1) is 0 Å². The molecule has 0 aliphatic rings. The summed E-state index contributed by atoms with van der Waals surface area (Å²) in [6, 6.07) is 4.99. The minimum absolute atomic E-state index is 0.0986. The molecule has 5 N–H and O–H groups in total. The second-order valence-corrected chi connectivity index (χ2v) is 5.19. The highest BCUT2D eigenvalue weighted by Crippen LogP contribution is 2.25. The first kappa shape index (κ1) is 17.3. The van der Waals surface area contributed by atoms with Gasteiger partial charge in [-0.05, 0) is 25.5 Å². The van der Waals surface area contributed by atoms with E-state index in [2.05, 4.69) is 9.97 Å². The first-order valence-electron chi connectivity index (χ1n) is 7.38. The van der Waals surface area contributed by atoms with Crippen molar-refractivity contribution < 1.29 is 19.4 Å². The van der Waals surface area contributed by atoms with E-state index in [1.54, 1.807) is 26.0 Å². The van der Waals surface area contributed by atoms with Crippen LogP contribution < -0.4 is 20.9 Å². The van der Waals surface area contributed by atoms with Crippen LogP contribution in [0.25, 0.3) is 0 Å². The predicted molar refractivity (Wildman–Crippen MR) is 89.3 cm³/mol. The van der Waals surface area contributed by atoms with E-state index in [1.165, 1.54) is 6.07 Å². The van der Waals surface area contributed by atoms with Gasteiger partial charge >= 0.3 is 5.97 Å². The second kappa shape index (κ2) is 7.49. The Bertz CT molecular complexity index is 726. The fourth-order valence-corrected chi connectivity index (χ4v) is 2.21. The summed E-state index contributed by atoms with van der Waals surface area (Å²) in [4.78, 5) is 19.0. The average molecular weight is 332 g/mol. The maximum absolute atomic E-state index is 11.2. The van der Waals surface area contributed by atoms with Crippen LogP contribution in [0.15, 0.2) is 18.2 Å². The third-order valence-electron chi connectivity index (χ3n) is 3.30. The largest absolute Gasteiger partial charge is 0.492 e. The summed E-state index contributed by atoms with van der Waals surface area (Å²) in [5.41, 5.74) is 12.7. The van der Waals surface area contributed by atoms with Crippen LogP contribution in [0.2, 0.25) is 0 Å². The molecule has 0 radical (unpaired) electrons. The number of aromatic carboxylic acids is 1. The number of rotatable bonds is 7. The Labute approximate surface area is 139 Å². The second-order valence-electron chi connectivity index (χ2n) is 5.19. The Hall–Kier alpha value is -3.03. The summed E-state index contributed by atoms with van der Waals surface area (Å²) < 4.78 is 11.2. The van der Waals surface area contributed by atoms with E-state index in [4.69, 9.17) is 20.9 Å². The van der Waals surface area contributed by atoms with Crippen molar-refractivity contribution in [2.24, 2.45) is 0 Å². The molecule has 0 amide bonds. The standard InChI is InChI=1S/C16H20N4O4/c1-9-5-3-6-11(15(21)22)12(9)23-7-4-8-24-13-10(2)19-16(18)20-14(13)17/h3,5-6H,4,7-8H2,1-2H3,(H,21,22)(H4,17,18,19,20). The van der Waals surface area contributed by atoms with Crippen LogP contribution in [0.1, 0.15) is 28.0 Å². The lowest BCUT2D eigenvalue weighted by molar-refractivity contribution is 0.0692. The Balaban J connectivity index is 1.90. The first-order chi connectivity index (χ1) is 11.4. The van der Waals surface area contributed by atoms with Gasteiger partial charge in [0.25, 0.3) is 0 Å². The summed E-state index contributed by atoms with van der Waals surface area (Å²) >= 11 is 0. The number of carboxylic acid groups (broad SMARTS) is 1. The van der Waals surface area contributed by atoms with Gasteiger partial charge in [-0.25, -0.2) is 9.78 Å². The molecule has 128 valence electrons.